The van der Waals surface area contributed by atoms with Gasteiger partial charge in [-0.15, -0.1) is 0 Å². The molecule has 116 valence electrons. The van der Waals surface area contributed by atoms with Crippen molar-refractivity contribution in [1.29, 1.82) is 0 Å². The third kappa shape index (κ3) is 4.08. The Balaban J connectivity index is 1.78. The molecule has 0 fully saturated rings. The van der Waals surface area contributed by atoms with Gasteiger partial charge >= 0.3 is 12.0 Å². The molecule has 3 N–H and O–H groups in total. The number of benzene rings is 1. The Morgan fingerprint density at radius 1 is 1.23 bits per heavy atom. The van der Waals surface area contributed by atoms with Crippen LogP contribution in [-0.2, 0) is 20.7 Å². The fourth-order valence-corrected chi connectivity index (χ4v) is 2.02. The second-order valence-electron chi connectivity index (χ2n) is 4.65. The summed E-state index contributed by atoms with van der Waals surface area (Å²) in [7, 11) is 1.38. The van der Waals surface area contributed by atoms with Gasteiger partial charge < -0.3 is 15.0 Å². The van der Waals surface area contributed by atoms with Gasteiger partial charge in [-0.1, -0.05) is 18.2 Å². The van der Waals surface area contributed by atoms with Crippen molar-refractivity contribution in [3.05, 3.63) is 36.0 Å². The molecule has 0 aliphatic carbocycles. The number of aromatic amines is 1. The molecule has 0 bridgehead atoms. The second-order valence-corrected chi connectivity index (χ2v) is 4.65. The number of aromatic nitrogens is 1. The van der Waals surface area contributed by atoms with E-state index in [4.69, 9.17) is 4.74 Å². The second kappa shape index (κ2) is 7.26. The molecule has 0 unspecified atom stereocenters. The van der Waals surface area contributed by atoms with Crippen molar-refractivity contribution in [2.75, 3.05) is 13.7 Å². The zero-order chi connectivity index (χ0) is 15.9. The topological polar surface area (TPSA) is 100 Å². The molecule has 2 aromatic rings. The predicted molar refractivity (Wildman–Crippen MR) is 80.2 cm³/mol. The molecule has 3 amide bonds. The Bertz CT molecular complexity index is 693. The van der Waals surface area contributed by atoms with E-state index in [2.05, 4.69) is 10.3 Å². The van der Waals surface area contributed by atoms with E-state index in [9.17, 15) is 14.4 Å². The minimum Gasteiger partial charge on any atom is -0.456 e. The van der Waals surface area contributed by atoms with Crippen LogP contribution in [0.25, 0.3) is 10.9 Å². The average Bonchev–Trinajstić information content (AvgIpc) is 2.94. The van der Waals surface area contributed by atoms with Crippen LogP contribution in [0, 0.1) is 0 Å². The maximum absolute atomic E-state index is 11.6. The molecule has 0 saturated carbocycles. The summed E-state index contributed by atoms with van der Waals surface area (Å²) >= 11 is 0. The number of hydrogen-bond acceptors (Lipinski definition) is 4. The third-order valence-corrected chi connectivity index (χ3v) is 3.12. The predicted octanol–water partition coefficient (Wildman–Crippen LogP) is 1.10. The smallest absolute Gasteiger partial charge is 0.321 e. The van der Waals surface area contributed by atoms with Crippen LogP contribution < -0.4 is 10.6 Å². The van der Waals surface area contributed by atoms with E-state index >= 15 is 0 Å². The minimum atomic E-state index is -0.667. The first kappa shape index (κ1) is 15.6. The van der Waals surface area contributed by atoms with Crippen LogP contribution in [0.4, 0.5) is 4.79 Å². The highest BCUT2D eigenvalue weighted by molar-refractivity contribution is 5.95. The van der Waals surface area contributed by atoms with Crippen LogP contribution in [-0.4, -0.2) is 36.5 Å². The Morgan fingerprint density at radius 3 is 2.77 bits per heavy atom. The van der Waals surface area contributed by atoms with Crippen molar-refractivity contribution in [2.45, 2.75) is 12.8 Å². The maximum Gasteiger partial charge on any atom is 0.321 e. The first-order valence-corrected chi connectivity index (χ1v) is 6.82. The van der Waals surface area contributed by atoms with Crippen LogP contribution in [0.5, 0.6) is 0 Å². The average molecular weight is 303 g/mol. The fraction of sp³-hybridized carbons (Fsp3) is 0.267. The molecule has 0 atom stereocenters. The minimum absolute atomic E-state index is 0.162. The van der Waals surface area contributed by atoms with Gasteiger partial charge in [-0.3, -0.25) is 14.9 Å². The molecule has 7 nitrogen and oxygen atoms in total. The molecule has 1 heterocycles. The lowest BCUT2D eigenvalue weighted by Gasteiger charge is -2.05. The number of amides is 3. The van der Waals surface area contributed by atoms with E-state index in [1.807, 2.05) is 35.8 Å². The lowest BCUT2D eigenvalue weighted by Crippen LogP contribution is -2.39. The van der Waals surface area contributed by atoms with Crippen LogP contribution in [0.15, 0.2) is 30.5 Å². The molecule has 0 saturated heterocycles. The standard InChI is InChI=1S/C15H17N3O4/c1-16-15(21)18-13(19)9-22-14(20)7-6-10-8-17-12-5-3-2-4-11(10)12/h2-5,8,17H,6-7,9H2,1H3,(H2,16,18,19,21). The number of rotatable bonds is 5. The quantitative estimate of drug-likeness (QED) is 0.720. The molecule has 7 heteroatoms. The summed E-state index contributed by atoms with van der Waals surface area (Å²) in [6.07, 6.45) is 2.53. The Kier molecular flexibility index (Phi) is 5.13. The largest absolute Gasteiger partial charge is 0.456 e. The Morgan fingerprint density at radius 2 is 2.00 bits per heavy atom. The maximum atomic E-state index is 11.6. The summed E-state index contributed by atoms with van der Waals surface area (Å²) in [6.45, 7) is -0.472. The summed E-state index contributed by atoms with van der Waals surface area (Å²) in [6, 6.07) is 7.16. The number of nitrogens with one attached hydrogen (secondary N) is 3. The van der Waals surface area contributed by atoms with Gasteiger partial charge in [0.2, 0.25) is 0 Å². The van der Waals surface area contributed by atoms with E-state index in [-0.39, 0.29) is 6.42 Å². The van der Waals surface area contributed by atoms with Gasteiger partial charge in [0.05, 0.1) is 0 Å². The van der Waals surface area contributed by atoms with Crippen molar-refractivity contribution in [1.82, 2.24) is 15.6 Å². The highest BCUT2D eigenvalue weighted by Crippen LogP contribution is 2.18. The zero-order valence-corrected chi connectivity index (χ0v) is 12.1. The molecular formula is C15H17N3O4. The number of ether oxygens (including phenoxy) is 1. The van der Waals surface area contributed by atoms with E-state index in [0.717, 1.165) is 16.5 Å². The number of hydrogen-bond donors (Lipinski definition) is 3. The summed E-state index contributed by atoms with van der Waals surface area (Å²) in [4.78, 5) is 36.9. The first-order chi connectivity index (χ1) is 10.6. The van der Waals surface area contributed by atoms with E-state index in [1.54, 1.807) is 0 Å². The van der Waals surface area contributed by atoms with Crippen LogP contribution in [0.3, 0.4) is 0 Å². The zero-order valence-electron chi connectivity index (χ0n) is 12.1. The van der Waals surface area contributed by atoms with Crippen molar-refractivity contribution in [2.24, 2.45) is 0 Å². The Hall–Kier alpha value is -2.83. The first-order valence-electron chi connectivity index (χ1n) is 6.82. The molecule has 1 aromatic heterocycles. The molecule has 0 aliphatic heterocycles. The number of carbonyl (C=O) groups is 3. The lowest BCUT2D eigenvalue weighted by molar-refractivity contribution is -0.148. The van der Waals surface area contributed by atoms with Crippen LogP contribution >= 0.6 is 0 Å². The lowest BCUT2D eigenvalue weighted by atomic mass is 10.1. The Labute approximate surface area is 127 Å². The van der Waals surface area contributed by atoms with Gasteiger partial charge in [-0.25, -0.2) is 4.79 Å². The van der Waals surface area contributed by atoms with Gasteiger partial charge in [0.1, 0.15) is 0 Å². The van der Waals surface area contributed by atoms with Crippen molar-refractivity contribution in [3.8, 4) is 0 Å². The summed E-state index contributed by atoms with van der Waals surface area (Å²) in [5.41, 5.74) is 2.03. The number of fused-ring (bicyclic) bond motifs is 1. The molecule has 1 aromatic carbocycles. The molecule has 0 spiro atoms. The van der Waals surface area contributed by atoms with E-state index in [1.165, 1.54) is 7.05 Å². The van der Waals surface area contributed by atoms with E-state index < -0.39 is 24.5 Å². The number of imide groups is 1. The number of esters is 1. The van der Waals surface area contributed by atoms with Gasteiger partial charge in [0, 0.05) is 30.6 Å². The number of para-hydroxylation sites is 1. The van der Waals surface area contributed by atoms with Gasteiger partial charge in [-0.2, -0.15) is 0 Å². The molecule has 0 radical (unpaired) electrons. The number of H-pyrrole nitrogens is 1. The normalized spacial score (nSPS) is 10.2. The molecule has 0 aliphatic rings. The molecular weight excluding hydrogens is 286 g/mol. The summed E-state index contributed by atoms with van der Waals surface area (Å²) in [5, 5.41) is 5.30. The van der Waals surface area contributed by atoms with Crippen molar-refractivity contribution < 1.29 is 19.1 Å². The van der Waals surface area contributed by atoms with Crippen LogP contribution in [0.1, 0.15) is 12.0 Å². The number of carbonyl (C=O) groups excluding carboxylic acids is 3. The molecule has 22 heavy (non-hydrogen) atoms. The summed E-state index contributed by atoms with van der Waals surface area (Å²) < 4.78 is 4.82. The van der Waals surface area contributed by atoms with Gasteiger partial charge in [0.15, 0.2) is 6.61 Å². The highest BCUT2D eigenvalue weighted by Gasteiger charge is 2.11. The number of aryl methyl sites for hydroxylation is 1. The van der Waals surface area contributed by atoms with Gasteiger partial charge in [-0.05, 0) is 18.1 Å². The third-order valence-electron chi connectivity index (χ3n) is 3.12. The molecule has 2 rings (SSSR count). The van der Waals surface area contributed by atoms with Crippen molar-refractivity contribution in [3.63, 3.8) is 0 Å². The monoisotopic (exact) mass is 303 g/mol. The highest BCUT2D eigenvalue weighted by atomic mass is 16.5. The fourth-order valence-electron chi connectivity index (χ4n) is 2.02. The summed E-state index contributed by atoms with van der Waals surface area (Å²) in [5.74, 6) is -1.16. The van der Waals surface area contributed by atoms with Crippen molar-refractivity contribution >= 4 is 28.8 Å². The number of urea groups is 1. The SMILES string of the molecule is CNC(=O)NC(=O)COC(=O)CCc1c[nH]c2ccccc12. The van der Waals surface area contributed by atoms with E-state index in [0.29, 0.717) is 6.42 Å². The van der Waals surface area contributed by atoms with Gasteiger partial charge in [0.25, 0.3) is 5.91 Å². The van der Waals surface area contributed by atoms with Crippen LogP contribution in [0.2, 0.25) is 0 Å².